The lowest BCUT2D eigenvalue weighted by Crippen LogP contribution is -2.54. The number of rotatable bonds is 5. The zero-order valence-corrected chi connectivity index (χ0v) is 20.0. The molecule has 7 rings (SSSR count). The minimum absolute atomic E-state index is 0.0255. The number of pyridine rings is 3. The smallest absolute Gasteiger partial charge is 0.330 e. The van der Waals surface area contributed by atoms with Crippen LogP contribution in [0, 0.1) is 0 Å². The van der Waals surface area contributed by atoms with Crippen LogP contribution in [0.3, 0.4) is 0 Å². The number of imidazole rings is 1. The normalized spacial score (nSPS) is 17.8. The van der Waals surface area contributed by atoms with Crippen LogP contribution in [0.2, 0.25) is 0 Å². The molecule has 5 aromatic rings. The molecule has 1 saturated carbocycles. The highest BCUT2D eigenvalue weighted by atomic mass is 16.5. The van der Waals surface area contributed by atoms with Crippen LogP contribution in [0.15, 0.2) is 72.0 Å². The summed E-state index contributed by atoms with van der Waals surface area (Å²) in [4.78, 5) is 27.6. The van der Waals surface area contributed by atoms with Crippen molar-refractivity contribution in [1.82, 2.24) is 24.1 Å². The van der Waals surface area contributed by atoms with Gasteiger partial charge in [-0.3, -0.25) is 24.1 Å². The molecule has 0 atom stereocenters. The molecule has 1 aromatic carbocycles. The predicted octanol–water partition coefficient (Wildman–Crippen LogP) is 3.55. The van der Waals surface area contributed by atoms with Crippen molar-refractivity contribution in [3.05, 3.63) is 89.1 Å². The second-order valence-electron chi connectivity index (χ2n) is 10.3. The zero-order chi connectivity index (χ0) is 24.5. The maximum absolute atomic E-state index is 13.7. The summed E-state index contributed by atoms with van der Waals surface area (Å²) in [7, 11) is 0. The van der Waals surface area contributed by atoms with Gasteiger partial charge in [0.25, 0.3) is 0 Å². The molecule has 0 radical (unpaired) electrons. The van der Waals surface area contributed by atoms with Crippen LogP contribution in [0.5, 0.6) is 0 Å². The molecule has 8 heteroatoms. The standard InChI is InChI=1S/C28H26N6O2/c1-27(9-10-27)34-22-8-11-30-14-23(22)33(26(34)35)15-21-25(20-5-3-2-4-18(20)12-31-21)19-6-7-24(32-13-19)28(29)16-36-17-28/h2-8,11-14H,9-10,15-17,29H2,1H3. The number of aromatic nitrogens is 5. The summed E-state index contributed by atoms with van der Waals surface area (Å²) in [5.74, 6) is 0. The van der Waals surface area contributed by atoms with Gasteiger partial charge >= 0.3 is 5.69 Å². The fraction of sp³-hybridized carbons (Fsp3) is 0.286. The number of ether oxygens (including phenoxy) is 1. The van der Waals surface area contributed by atoms with Crippen LogP contribution in [-0.4, -0.2) is 37.3 Å². The molecular formula is C28H26N6O2. The second kappa shape index (κ2) is 7.56. The minimum atomic E-state index is -0.528. The number of hydrogen-bond donors (Lipinski definition) is 1. The quantitative estimate of drug-likeness (QED) is 0.415. The average molecular weight is 479 g/mol. The largest absolute Gasteiger partial charge is 0.377 e. The van der Waals surface area contributed by atoms with Crippen molar-refractivity contribution in [2.45, 2.75) is 37.4 Å². The highest BCUT2D eigenvalue weighted by molar-refractivity contribution is 5.97. The van der Waals surface area contributed by atoms with Crippen molar-refractivity contribution < 1.29 is 4.74 Å². The molecular weight excluding hydrogens is 452 g/mol. The third-order valence-corrected chi connectivity index (χ3v) is 7.71. The van der Waals surface area contributed by atoms with E-state index >= 15 is 0 Å². The van der Waals surface area contributed by atoms with E-state index in [1.54, 1.807) is 17.0 Å². The van der Waals surface area contributed by atoms with Crippen LogP contribution < -0.4 is 11.4 Å². The molecule has 4 aromatic heterocycles. The van der Waals surface area contributed by atoms with Gasteiger partial charge in [0, 0.05) is 40.6 Å². The molecule has 2 N–H and O–H groups in total. The van der Waals surface area contributed by atoms with Gasteiger partial charge in [-0.15, -0.1) is 0 Å². The highest BCUT2D eigenvalue weighted by Gasteiger charge is 2.42. The lowest BCUT2D eigenvalue weighted by molar-refractivity contribution is -0.0590. The van der Waals surface area contributed by atoms with Crippen LogP contribution in [0.1, 0.15) is 31.2 Å². The zero-order valence-electron chi connectivity index (χ0n) is 20.0. The molecule has 0 unspecified atom stereocenters. The van der Waals surface area contributed by atoms with Crippen molar-refractivity contribution in [3.8, 4) is 11.1 Å². The first-order chi connectivity index (χ1) is 17.5. The molecule has 1 aliphatic carbocycles. The Kier molecular flexibility index (Phi) is 4.49. The Morgan fingerprint density at radius 3 is 2.56 bits per heavy atom. The van der Waals surface area contributed by atoms with E-state index < -0.39 is 5.54 Å². The van der Waals surface area contributed by atoms with E-state index in [0.29, 0.717) is 19.8 Å². The first kappa shape index (κ1) is 21.4. The Hall–Kier alpha value is -3.88. The van der Waals surface area contributed by atoms with E-state index in [1.165, 1.54) is 0 Å². The summed E-state index contributed by atoms with van der Waals surface area (Å²) in [6, 6.07) is 14.1. The molecule has 180 valence electrons. The Morgan fingerprint density at radius 2 is 1.83 bits per heavy atom. The van der Waals surface area contributed by atoms with Crippen LogP contribution >= 0.6 is 0 Å². The lowest BCUT2D eigenvalue weighted by atomic mass is 9.92. The van der Waals surface area contributed by atoms with E-state index in [-0.39, 0.29) is 11.2 Å². The van der Waals surface area contributed by atoms with Gasteiger partial charge in [0.1, 0.15) is 5.54 Å². The third-order valence-electron chi connectivity index (χ3n) is 7.71. The predicted molar refractivity (Wildman–Crippen MR) is 138 cm³/mol. The van der Waals surface area contributed by atoms with Gasteiger partial charge in [0.05, 0.1) is 48.4 Å². The summed E-state index contributed by atoms with van der Waals surface area (Å²) in [5.41, 5.74) is 11.0. The number of benzene rings is 1. The Morgan fingerprint density at radius 1 is 1.00 bits per heavy atom. The van der Waals surface area contributed by atoms with Crippen molar-refractivity contribution in [3.63, 3.8) is 0 Å². The van der Waals surface area contributed by atoms with Gasteiger partial charge in [-0.2, -0.15) is 0 Å². The Balaban J connectivity index is 1.40. The van der Waals surface area contributed by atoms with Gasteiger partial charge in [-0.1, -0.05) is 30.3 Å². The maximum atomic E-state index is 13.7. The first-order valence-electron chi connectivity index (χ1n) is 12.2. The van der Waals surface area contributed by atoms with E-state index in [0.717, 1.165) is 57.2 Å². The van der Waals surface area contributed by atoms with E-state index in [9.17, 15) is 4.79 Å². The first-order valence-corrected chi connectivity index (χ1v) is 12.2. The second-order valence-corrected chi connectivity index (χ2v) is 10.3. The van der Waals surface area contributed by atoms with Crippen molar-refractivity contribution >= 4 is 21.8 Å². The minimum Gasteiger partial charge on any atom is -0.377 e. The number of nitrogens with two attached hydrogens (primary N) is 1. The molecule has 1 saturated heterocycles. The molecule has 1 aliphatic heterocycles. The molecule has 8 nitrogen and oxygen atoms in total. The molecule has 2 fully saturated rings. The van der Waals surface area contributed by atoms with E-state index in [1.807, 2.05) is 53.4 Å². The molecule has 0 bridgehead atoms. The summed E-state index contributed by atoms with van der Waals surface area (Å²) in [6.07, 6.45) is 9.25. The number of hydrogen-bond acceptors (Lipinski definition) is 6. The van der Waals surface area contributed by atoms with Crippen LogP contribution in [0.4, 0.5) is 0 Å². The Bertz CT molecular complexity index is 1690. The fourth-order valence-corrected chi connectivity index (χ4v) is 5.28. The summed E-state index contributed by atoms with van der Waals surface area (Å²) in [5, 5.41) is 2.10. The molecule has 5 heterocycles. The highest BCUT2D eigenvalue weighted by Crippen LogP contribution is 2.43. The topological polar surface area (TPSA) is 101 Å². The summed E-state index contributed by atoms with van der Waals surface area (Å²) in [6.45, 7) is 3.42. The number of nitrogens with zero attached hydrogens (tertiary/aromatic N) is 5. The lowest BCUT2D eigenvalue weighted by Gasteiger charge is -2.37. The average Bonchev–Trinajstić information content (AvgIpc) is 3.56. The van der Waals surface area contributed by atoms with E-state index in [4.69, 9.17) is 20.4 Å². The fourth-order valence-electron chi connectivity index (χ4n) is 5.28. The molecule has 0 amide bonds. The van der Waals surface area contributed by atoms with Gasteiger partial charge < -0.3 is 10.5 Å². The maximum Gasteiger partial charge on any atom is 0.330 e. The monoisotopic (exact) mass is 478 g/mol. The summed E-state index contributed by atoms with van der Waals surface area (Å²) < 4.78 is 9.05. The van der Waals surface area contributed by atoms with Crippen molar-refractivity contribution in [1.29, 1.82) is 0 Å². The van der Waals surface area contributed by atoms with Gasteiger partial charge in [0.15, 0.2) is 0 Å². The molecule has 2 aliphatic rings. The Labute approximate surface area is 207 Å². The van der Waals surface area contributed by atoms with Gasteiger partial charge in [0.2, 0.25) is 0 Å². The van der Waals surface area contributed by atoms with Gasteiger partial charge in [-0.05, 0) is 37.3 Å². The van der Waals surface area contributed by atoms with Gasteiger partial charge in [-0.25, -0.2) is 4.79 Å². The van der Waals surface area contributed by atoms with Crippen molar-refractivity contribution in [2.24, 2.45) is 5.73 Å². The SMILES string of the molecule is CC1(n2c(=O)n(Cc3ncc4ccccc4c3-c3ccc(C4(N)COC4)nc3)c3cnccc32)CC1. The third kappa shape index (κ3) is 3.14. The number of fused-ring (bicyclic) bond motifs is 2. The summed E-state index contributed by atoms with van der Waals surface area (Å²) >= 11 is 0. The van der Waals surface area contributed by atoms with Crippen LogP contribution in [0.25, 0.3) is 32.9 Å². The van der Waals surface area contributed by atoms with Crippen molar-refractivity contribution in [2.75, 3.05) is 13.2 Å². The molecule has 0 spiro atoms. The van der Waals surface area contributed by atoms with E-state index in [2.05, 4.69) is 18.0 Å². The molecule has 36 heavy (non-hydrogen) atoms. The van der Waals surface area contributed by atoms with Crippen LogP contribution in [-0.2, 0) is 22.4 Å².